The van der Waals surface area contributed by atoms with Gasteiger partial charge < -0.3 is 10.1 Å². The van der Waals surface area contributed by atoms with Gasteiger partial charge in [-0.2, -0.15) is 0 Å². The molecule has 1 N–H and O–H groups in total. The molecule has 7 nitrogen and oxygen atoms in total. The molecular weight excluding hydrogens is 380 g/mol. The molecule has 28 heavy (non-hydrogen) atoms. The molecule has 0 bridgehead atoms. The number of carbonyl (C=O) groups excluding carboxylic acids is 2. The molecular formula is C20H24N2O5S. The summed E-state index contributed by atoms with van der Waals surface area (Å²) in [6.45, 7) is 5.21. The van der Waals surface area contributed by atoms with Gasteiger partial charge in [0.05, 0.1) is 30.3 Å². The summed E-state index contributed by atoms with van der Waals surface area (Å²) in [5.41, 5.74) is 2.60. The zero-order valence-corrected chi connectivity index (χ0v) is 17.3. The number of nitrogens with zero attached hydrogens (tertiary/aromatic N) is 1. The SMILES string of the molecule is COC(=O)c1ccccc1NC(=O)C(C)N(c1cc(C)cc(C)c1)S(C)(=O)=O. The Hall–Kier alpha value is -2.87. The molecule has 0 saturated heterocycles. The number of rotatable bonds is 6. The van der Waals surface area contributed by atoms with Crippen molar-refractivity contribution in [3.63, 3.8) is 0 Å². The molecule has 2 aromatic carbocycles. The number of ether oxygens (including phenoxy) is 1. The van der Waals surface area contributed by atoms with E-state index in [2.05, 4.69) is 5.32 Å². The van der Waals surface area contributed by atoms with Crippen molar-refractivity contribution in [3.05, 3.63) is 59.2 Å². The maximum atomic E-state index is 12.8. The zero-order valence-electron chi connectivity index (χ0n) is 16.5. The Morgan fingerprint density at radius 2 is 1.64 bits per heavy atom. The lowest BCUT2D eigenvalue weighted by molar-refractivity contribution is -0.116. The Morgan fingerprint density at radius 1 is 1.07 bits per heavy atom. The number of aryl methyl sites for hydroxylation is 2. The van der Waals surface area contributed by atoms with Crippen molar-refractivity contribution in [1.82, 2.24) is 0 Å². The highest BCUT2D eigenvalue weighted by Crippen LogP contribution is 2.25. The van der Waals surface area contributed by atoms with Crippen LogP contribution in [0.4, 0.5) is 11.4 Å². The molecule has 2 aromatic rings. The number of nitrogens with one attached hydrogen (secondary N) is 1. The standard InChI is InChI=1S/C20H24N2O5S/c1-13-10-14(2)12-16(11-13)22(28(5,25)26)15(3)19(23)21-18-9-7-6-8-17(18)20(24)27-4/h6-12,15H,1-5H3,(H,21,23). The second kappa shape index (κ2) is 8.43. The van der Waals surface area contributed by atoms with Crippen molar-refractivity contribution < 1.29 is 22.7 Å². The summed E-state index contributed by atoms with van der Waals surface area (Å²) in [7, 11) is -2.49. The first-order chi connectivity index (χ1) is 13.0. The van der Waals surface area contributed by atoms with Crippen molar-refractivity contribution in [2.75, 3.05) is 23.0 Å². The largest absolute Gasteiger partial charge is 0.465 e. The molecule has 1 amide bonds. The summed E-state index contributed by atoms with van der Waals surface area (Å²) in [5.74, 6) is -1.17. The van der Waals surface area contributed by atoms with Crippen LogP contribution in [-0.4, -0.2) is 39.7 Å². The number of sulfonamides is 1. The number of anilines is 2. The second-order valence-electron chi connectivity index (χ2n) is 6.61. The van der Waals surface area contributed by atoms with Gasteiger partial charge in [0.2, 0.25) is 15.9 Å². The van der Waals surface area contributed by atoms with Crippen LogP contribution in [-0.2, 0) is 19.6 Å². The summed E-state index contributed by atoms with van der Waals surface area (Å²) in [6.07, 6.45) is 1.05. The van der Waals surface area contributed by atoms with Gasteiger partial charge in [0.25, 0.3) is 0 Å². The van der Waals surface area contributed by atoms with E-state index in [1.807, 2.05) is 19.9 Å². The quantitative estimate of drug-likeness (QED) is 0.748. The lowest BCUT2D eigenvalue weighted by atomic mass is 10.1. The van der Waals surface area contributed by atoms with E-state index in [0.29, 0.717) is 5.69 Å². The van der Waals surface area contributed by atoms with E-state index in [1.54, 1.807) is 30.3 Å². The average molecular weight is 404 g/mol. The van der Waals surface area contributed by atoms with E-state index in [-0.39, 0.29) is 11.3 Å². The van der Waals surface area contributed by atoms with Crippen LogP contribution < -0.4 is 9.62 Å². The molecule has 0 radical (unpaired) electrons. The predicted molar refractivity (Wildman–Crippen MR) is 109 cm³/mol. The fourth-order valence-corrected chi connectivity index (χ4v) is 4.16. The van der Waals surface area contributed by atoms with E-state index in [1.165, 1.54) is 20.1 Å². The first-order valence-corrected chi connectivity index (χ1v) is 10.5. The van der Waals surface area contributed by atoms with Crippen LogP contribution in [0.25, 0.3) is 0 Å². The third-order valence-corrected chi connectivity index (χ3v) is 5.38. The van der Waals surface area contributed by atoms with Crippen LogP contribution in [0.5, 0.6) is 0 Å². The van der Waals surface area contributed by atoms with Crippen molar-refractivity contribution in [3.8, 4) is 0 Å². The van der Waals surface area contributed by atoms with E-state index < -0.39 is 27.9 Å². The molecule has 150 valence electrons. The highest BCUT2D eigenvalue weighted by atomic mass is 32.2. The molecule has 0 aliphatic heterocycles. The maximum Gasteiger partial charge on any atom is 0.339 e. The van der Waals surface area contributed by atoms with E-state index in [4.69, 9.17) is 4.74 Å². The van der Waals surface area contributed by atoms with Crippen LogP contribution >= 0.6 is 0 Å². The fourth-order valence-electron chi connectivity index (χ4n) is 3.00. The second-order valence-corrected chi connectivity index (χ2v) is 8.47. The smallest absolute Gasteiger partial charge is 0.339 e. The highest BCUT2D eigenvalue weighted by Gasteiger charge is 2.30. The first kappa shape index (κ1) is 21.4. The van der Waals surface area contributed by atoms with Gasteiger partial charge in [-0.1, -0.05) is 18.2 Å². The number of methoxy groups -OCH3 is 1. The Kier molecular flexibility index (Phi) is 6.45. The Labute approximate surface area is 165 Å². The highest BCUT2D eigenvalue weighted by molar-refractivity contribution is 7.92. The molecule has 1 atom stereocenters. The molecule has 0 fully saturated rings. The molecule has 1 unspecified atom stereocenters. The predicted octanol–water partition coefficient (Wildman–Crippen LogP) is 2.88. The third kappa shape index (κ3) is 4.89. The van der Waals surface area contributed by atoms with Gasteiger partial charge in [-0.25, -0.2) is 13.2 Å². The van der Waals surface area contributed by atoms with Gasteiger partial charge in [-0.3, -0.25) is 9.10 Å². The van der Waals surface area contributed by atoms with Crippen LogP contribution in [0.1, 0.15) is 28.4 Å². The number of para-hydroxylation sites is 1. The maximum absolute atomic E-state index is 12.8. The Bertz CT molecular complexity index is 981. The minimum atomic E-state index is -3.74. The Balaban J connectivity index is 2.40. The van der Waals surface area contributed by atoms with E-state index >= 15 is 0 Å². The Morgan fingerprint density at radius 3 is 2.18 bits per heavy atom. The number of hydrogen-bond acceptors (Lipinski definition) is 5. The number of esters is 1. The van der Waals surface area contributed by atoms with E-state index in [0.717, 1.165) is 21.7 Å². The fraction of sp³-hybridized carbons (Fsp3) is 0.300. The topological polar surface area (TPSA) is 92.8 Å². The summed E-state index contributed by atoms with van der Waals surface area (Å²) in [5, 5.41) is 2.63. The molecule has 0 aliphatic carbocycles. The van der Waals surface area contributed by atoms with Crippen LogP contribution in [0, 0.1) is 13.8 Å². The molecule has 8 heteroatoms. The zero-order chi connectivity index (χ0) is 21.1. The van der Waals surface area contributed by atoms with Gasteiger partial charge in [0.15, 0.2) is 0 Å². The molecule has 0 heterocycles. The van der Waals surface area contributed by atoms with Crippen LogP contribution in [0.2, 0.25) is 0 Å². The van der Waals surface area contributed by atoms with Gasteiger partial charge in [0, 0.05) is 0 Å². The third-order valence-electron chi connectivity index (χ3n) is 4.14. The van der Waals surface area contributed by atoms with Gasteiger partial charge >= 0.3 is 5.97 Å². The minimum Gasteiger partial charge on any atom is -0.465 e. The number of amides is 1. The number of benzene rings is 2. The lowest BCUT2D eigenvalue weighted by Gasteiger charge is -2.29. The van der Waals surface area contributed by atoms with Gasteiger partial charge in [-0.05, 0) is 56.2 Å². The average Bonchev–Trinajstić information content (AvgIpc) is 2.59. The van der Waals surface area contributed by atoms with Crippen molar-refractivity contribution in [2.24, 2.45) is 0 Å². The molecule has 0 aromatic heterocycles. The summed E-state index contributed by atoms with van der Waals surface area (Å²) in [4.78, 5) is 24.7. The number of carbonyl (C=O) groups is 2. The molecule has 0 saturated carbocycles. The molecule has 0 aliphatic rings. The van der Waals surface area contributed by atoms with Crippen LogP contribution in [0.3, 0.4) is 0 Å². The van der Waals surface area contributed by atoms with Crippen LogP contribution in [0.15, 0.2) is 42.5 Å². The van der Waals surface area contributed by atoms with Crippen molar-refractivity contribution >= 4 is 33.3 Å². The summed E-state index contributed by atoms with van der Waals surface area (Å²) >= 11 is 0. The molecule has 2 rings (SSSR count). The summed E-state index contributed by atoms with van der Waals surface area (Å²) < 4.78 is 30.7. The van der Waals surface area contributed by atoms with Gasteiger partial charge in [-0.15, -0.1) is 0 Å². The monoisotopic (exact) mass is 404 g/mol. The van der Waals surface area contributed by atoms with Crippen molar-refractivity contribution in [1.29, 1.82) is 0 Å². The first-order valence-electron chi connectivity index (χ1n) is 8.60. The number of hydrogen-bond donors (Lipinski definition) is 1. The lowest BCUT2D eigenvalue weighted by Crippen LogP contribution is -2.45. The van der Waals surface area contributed by atoms with Gasteiger partial charge in [0.1, 0.15) is 6.04 Å². The van der Waals surface area contributed by atoms with E-state index in [9.17, 15) is 18.0 Å². The minimum absolute atomic E-state index is 0.183. The molecule has 0 spiro atoms. The normalized spacial score (nSPS) is 12.2. The summed E-state index contributed by atoms with van der Waals surface area (Å²) in [6, 6.07) is 10.7. The van der Waals surface area contributed by atoms with Crippen molar-refractivity contribution in [2.45, 2.75) is 26.8 Å².